The predicted octanol–water partition coefficient (Wildman–Crippen LogP) is 0.818. The number of carbonyl (C=O) groups excluding carboxylic acids is 1. The van der Waals surface area contributed by atoms with Crippen molar-refractivity contribution in [3.05, 3.63) is 24.0 Å². The second-order valence-electron chi connectivity index (χ2n) is 3.99. The first-order chi connectivity index (χ1) is 7.41. The summed E-state index contributed by atoms with van der Waals surface area (Å²) >= 11 is 0. The number of aromatic nitrogens is 1. The molecule has 88 valence electrons. The zero-order valence-corrected chi connectivity index (χ0v) is 9.67. The summed E-state index contributed by atoms with van der Waals surface area (Å²) in [5.74, 6) is -1.61. The second-order valence-corrected chi connectivity index (χ2v) is 3.99. The molecule has 0 fully saturated rings. The Morgan fingerprint density at radius 1 is 1.56 bits per heavy atom. The summed E-state index contributed by atoms with van der Waals surface area (Å²) in [6.07, 6.45) is 3.49. The SMILES string of the molecule is CC(CN(C)C(=O)c1ccn(C)c1)C(=O)O. The van der Waals surface area contributed by atoms with Gasteiger partial charge in [-0.25, -0.2) is 0 Å². The molecule has 0 aliphatic carbocycles. The normalized spacial score (nSPS) is 12.2. The Hall–Kier alpha value is -1.78. The van der Waals surface area contributed by atoms with Gasteiger partial charge in [-0.3, -0.25) is 9.59 Å². The average molecular weight is 224 g/mol. The van der Waals surface area contributed by atoms with E-state index in [9.17, 15) is 9.59 Å². The van der Waals surface area contributed by atoms with Crippen LogP contribution in [-0.2, 0) is 11.8 Å². The highest BCUT2D eigenvalue weighted by atomic mass is 16.4. The zero-order chi connectivity index (χ0) is 12.3. The van der Waals surface area contributed by atoms with Crippen molar-refractivity contribution >= 4 is 11.9 Å². The Balaban J connectivity index is 2.64. The van der Waals surface area contributed by atoms with E-state index >= 15 is 0 Å². The molecule has 1 amide bonds. The van der Waals surface area contributed by atoms with Crippen LogP contribution in [0.3, 0.4) is 0 Å². The Bertz CT molecular complexity index is 398. The maximum atomic E-state index is 11.8. The Morgan fingerprint density at radius 3 is 2.62 bits per heavy atom. The highest BCUT2D eigenvalue weighted by molar-refractivity contribution is 5.94. The van der Waals surface area contributed by atoms with E-state index in [0.717, 1.165) is 0 Å². The molecule has 1 rings (SSSR count). The summed E-state index contributed by atoms with van der Waals surface area (Å²) < 4.78 is 1.78. The van der Waals surface area contributed by atoms with Gasteiger partial charge in [0.05, 0.1) is 11.5 Å². The van der Waals surface area contributed by atoms with Gasteiger partial charge in [-0.2, -0.15) is 0 Å². The minimum absolute atomic E-state index is 0.159. The molecule has 0 radical (unpaired) electrons. The predicted molar refractivity (Wildman–Crippen MR) is 59.2 cm³/mol. The number of hydrogen-bond donors (Lipinski definition) is 1. The first kappa shape index (κ1) is 12.3. The van der Waals surface area contributed by atoms with Crippen LogP contribution < -0.4 is 0 Å². The first-order valence-electron chi connectivity index (χ1n) is 5.02. The van der Waals surface area contributed by atoms with E-state index < -0.39 is 11.9 Å². The number of rotatable bonds is 4. The van der Waals surface area contributed by atoms with Gasteiger partial charge in [0, 0.05) is 33.0 Å². The number of carboxylic acid groups (broad SMARTS) is 1. The lowest BCUT2D eigenvalue weighted by Crippen LogP contribution is -2.33. The van der Waals surface area contributed by atoms with Gasteiger partial charge >= 0.3 is 5.97 Å². The van der Waals surface area contributed by atoms with Crippen LogP contribution in [0.4, 0.5) is 0 Å². The number of carboxylic acids is 1. The minimum atomic E-state index is -0.896. The summed E-state index contributed by atoms with van der Waals surface area (Å²) in [6, 6.07) is 1.71. The topological polar surface area (TPSA) is 62.5 Å². The molecule has 1 heterocycles. The number of amides is 1. The van der Waals surface area contributed by atoms with Crippen molar-refractivity contribution < 1.29 is 14.7 Å². The van der Waals surface area contributed by atoms with Crippen LogP contribution in [0.15, 0.2) is 18.5 Å². The molecule has 5 heteroatoms. The van der Waals surface area contributed by atoms with Gasteiger partial charge in [0.1, 0.15) is 0 Å². The molecule has 0 saturated heterocycles. The van der Waals surface area contributed by atoms with Crippen molar-refractivity contribution in [3.8, 4) is 0 Å². The van der Waals surface area contributed by atoms with Crippen LogP contribution in [0.1, 0.15) is 17.3 Å². The minimum Gasteiger partial charge on any atom is -0.481 e. The Labute approximate surface area is 94.3 Å². The number of carbonyl (C=O) groups is 2. The highest BCUT2D eigenvalue weighted by Gasteiger charge is 2.18. The van der Waals surface area contributed by atoms with Crippen molar-refractivity contribution in [1.82, 2.24) is 9.47 Å². The number of nitrogens with zero attached hydrogens (tertiary/aromatic N) is 2. The van der Waals surface area contributed by atoms with Crippen LogP contribution in [0.2, 0.25) is 0 Å². The van der Waals surface area contributed by atoms with Crippen molar-refractivity contribution in [3.63, 3.8) is 0 Å². The fourth-order valence-electron chi connectivity index (χ4n) is 1.42. The number of aryl methyl sites for hydroxylation is 1. The molecular weight excluding hydrogens is 208 g/mol. The third-order valence-corrected chi connectivity index (χ3v) is 2.39. The largest absolute Gasteiger partial charge is 0.481 e. The molecule has 5 nitrogen and oxygen atoms in total. The maximum Gasteiger partial charge on any atom is 0.308 e. The molecule has 0 saturated carbocycles. The summed E-state index contributed by atoms with van der Waals surface area (Å²) in [6.45, 7) is 1.79. The first-order valence-corrected chi connectivity index (χ1v) is 5.02. The molecule has 0 spiro atoms. The van der Waals surface area contributed by atoms with Gasteiger partial charge in [0.2, 0.25) is 0 Å². The van der Waals surface area contributed by atoms with E-state index in [1.807, 2.05) is 7.05 Å². The molecule has 1 unspecified atom stereocenters. The van der Waals surface area contributed by atoms with Crippen LogP contribution in [0.25, 0.3) is 0 Å². The third kappa shape index (κ3) is 2.85. The number of aliphatic carboxylic acids is 1. The van der Waals surface area contributed by atoms with Crippen LogP contribution in [-0.4, -0.2) is 40.0 Å². The average Bonchev–Trinajstić information content (AvgIpc) is 2.63. The number of hydrogen-bond acceptors (Lipinski definition) is 2. The van der Waals surface area contributed by atoms with Gasteiger partial charge in [0.25, 0.3) is 5.91 Å². The van der Waals surface area contributed by atoms with Crippen LogP contribution in [0.5, 0.6) is 0 Å². The van der Waals surface area contributed by atoms with Crippen LogP contribution in [0, 0.1) is 5.92 Å². The summed E-state index contributed by atoms with van der Waals surface area (Å²) in [7, 11) is 3.44. The highest BCUT2D eigenvalue weighted by Crippen LogP contribution is 2.06. The Morgan fingerprint density at radius 2 is 2.19 bits per heavy atom. The summed E-state index contributed by atoms with van der Waals surface area (Å²) in [4.78, 5) is 23.9. The van der Waals surface area contributed by atoms with E-state index in [1.54, 1.807) is 37.0 Å². The molecule has 1 atom stereocenters. The van der Waals surface area contributed by atoms with Crippen molar-refractivity contribution in [2.45, 2.75) is 6.92 Å². The van der Waals surface area contributed by atoms with Gasteiger partial charge in [-0.1, -0.05) is 6.92 Å². The molecule has 0 bridgehead atoms. The second kappa shape index (κ2) is 4.83. The monoisotopic (exact) mass is 224 g/mol. The third-order valence-electron chi connectivity index (χ3n) is 2.39. The molecule has 1 aromatic rings. The van der Waals surface area contributed by atoms with E-state index in [0.29, 0.717) is 5.56 Å². The zero-order valence-electron chi connectivity index (χ0n) is 9.67. The van der Waals surface area contributed by atoms with E-state index in [1.165, 1.54) is 4.90 Å². The molecule has 1 aromatic heterocycles. The lowest BCUT2D eigenvalue weighted by molar-refractivity contribution is -0.141. The Kier molecular flexibility index (Phi) is 3.71. The summed E-state index contributed by atoms with van der Waals surface area (Å²) in [5, 5.41) is 8.75. The quantitative estimate of drug-likeness (QED) is 0.823. The molecule has 16 heavy (non-hydrogen) atoms. The van der Waals surface area contributed by atoms with E-state index in [4.69, 9.17) is 5.11 Å². The van der Waals surface area contributed by atoms with Gasteiger partial charge in [0.15, 0.2) is 0 Å². The molecule has 0 aromatic carbocycles. The van der Waals surface area contributed by atoms with E-state index in [-0.39, 0.29) is 12.5 Å². The maximum absolute atomic E-state index is 11.8. The molecule has 1 N–H and O–H groups in total. The van der Waals surface area contributed by atoms with Crippen LogP contribution >= 0.6 is 0 Å². The molecular formula is C11H16N2O3. The molecule has 0 aliphatic heterocycles. The fraction of sp³-hybridized carbons (Fsp3) is 0.455. The van der Waals surface area contributed by atoms with Crippen molar-refractivity contribution in [2.24, 2.45) is 13.0 Å². The van der Waals surface area contributed by atoms with Gasteiger partial charge in [-0.05, 0) is 6.07 Å². The smallest absolute Gasteiger partial charge is 0.308 e. The lowest BCUT2D eigenvalue weighted by Gasteiger charge is -2.18. The summed E-state index contributed by atoms with van der Waals surface area (Å²) in [5.41, 5.74) is 0.572. The standard InChI is InChI=1S/C11H16N2O3/c1-8(11(15)16)6-13(3)10(14)9-4-5-12(2)7-9/h4-5,7-8H,6H2,1-3H3,(H,15,16). The fourth-order valence-corrected chi connectivity index (χ4v) is 1.42. The molecule has 0 aliphatic rings. The van der Waals surface area contributed by atoms with Crippen molar-refractivity contribution in [1.29, 1.82) is 0 Å². The van der Waals surface area contributed by atoms with Crippen molar-refractivity contribution in [2.75, 3.05) is 13.6 Å². The van der Waals surface area contributed by atoms with E-state index in [2.05, 4.69) is 0 Å². The lowest BCUT2D eigenvalue weighted by atomic mass is 10.1. The van der Waals surface area contributed by atoms with Gasteiger partial charge in [-0.15, -0.1) is 0 Å². The van der Waals surface area contributed by atoms with Gasteiger partial charge < -0.3 is 14.6 Å².